The molecule has 0 unspecified atom stereocenters. The maximum Gasteiger partial charge on any atom is 1.00 e. The van der Waals surface area contributed by atoms with Gasteiger partial charge < -0.3 is 42.6 Å². The number of allylic oxidation sites excluding steroid dienone is 8. The molecule has 3 aliphatic heterocycles. The van der Waals surface area contributed by atoms with Gasteiger partial charge in [0.05, 0.1) is 63.3 Å². The van der Waals surface area contributed by atoms with Crippen molar-refractivity contribution in [2.24, 2.45) is 0 Å². The Bertz CT molecular complexity index is 3180. The second-order valence-electron chi connectivity index (χ2n) is 19.7. The van der Waals surface area contributed by atoms with Crippen LogP contribution in [0, 0.1) is 0 Å². The Hall–Kier alpha value is -2.26. The Morgan fingerprint density at radius 2 is 1.17 bits per heavy atom. The summed E-state index contributed by atoms with van der Waals surface area (Å²) in [4.78, 5) is 37.5. The summed E-state index contributed by atoms with van der Waals surface area (Å²) in [6.07, 6.45) is 17.6. The Labute approximate surface area is 542 Å². The summed E-state index contributed by atoms with van der Waals surface area (Å²) in [7, 11) is -19.1. The van der Waals surface area contributed by atoms with E-state index in [1.54, 1.807) is 73.6 Å². The van der Waals surface area contributed by atoms with Gasteiger partial charge >= 0.3 is 88.7 Å². The zero-order valence-corrected chi connectivity index (χ0v) is 56.3. The zero-order valence-electron chi connectivity index (χ0n) is 47.0. The predicted molar refractivity (Wildman–Crippen MR) is 284 cm³/mol. The molecule has 3 amide bonds. The van der Waals surface area contributed by atoms with Crippen LogP contribution in [0.3, 0.4) is 0 Å². The number of benzene rings is 2. The first-order valence-electron chi connectivity index (χ1n) is 25.3. The zero-order chi connectivity index (χ0) is 57.5. The Morgan fingerprint density at radius 3 is 1.75 bits per heavy atom. The van der Waals surface area contributed by atoms with E-state index in [1.165, 1.54) is 36.4 Å². The first-order valence-corrected chi connectivity index (χ1v) is 31.3. The van der Waals surface area contributed by atoms with Gasteiger partial charge in [-0.3, -0.25) is 19.3 Å². The molecule has 2 aromatic carbocycles. The molecular formula is C52H67N4Na3O18S4. The largest absolute Gasteiger partial charge is 1.00 e. The summed E-state index contributed by atoms with van der Waals surface area (Å²) in [5, 5.41) is 2.90. The van der Waals surface area contributed by atoms with E-state index in [4.69, 9.17) is 14.2 Å². The topological polar surface area (TPSA) is 329 Å². The molecule has 22 nitrogen and oxygen atoms in total. The summed E-state index contributed by atoms with van der Waals surface area (Å²) < 4.78 is 161. The fourth-order valence-corrected chi connectivity index (χ4v) is 11.0. The van der Waals surface area contributed by atoms with Gasteiger partial charge in [-0.15, -0.1) is 0 Å². The minimum absolute atomic E-state index is 0. The van der Waals surface area contributed by atoms with Gasteiger partial charge in [0.25, 0.3) is 11.8 Å². The average molecular weight is 1230 g/mol. The smallest absolute Gasteiger partial charge is 0.748 e. The number of rotatable bonds is 33. The summed E-state index contributed by atoms with van der Waals surface area (Å²) in [6.45, 7) is 9.53. The molecule has 5 rings (SSSR count). The van der Waals surface area contributed by atoms with Crippen molar-refractivity contribution < 1.29 is 174 Å². The number of carbonyl (C=O) groups is 3. The van der Waals surface area contributed by atoms with Crippen LogP contribution in [0.5, 0.6) is 0 Å². The standard InChI is InChI=1S/C52H70N4O18S4.3Na/c1-51(2)42-37-40(77(66,67)68)19-21-44(42)54(27-35-75(60,61)62)46(51)16-9-14-39(15-10-17-47-52(3,4)43-38-41(78(69,70)71)20-22-45(43)55(47)28-36-76(63,64)65)13-7-5-6-8-18-48(57)53-25-11-29-72-31-33-74-34-32-73-30-12-26-56-49(58)23-24-50(56)59;;;/h9-10,14-17,19-24,37-38H,5-8,11-13,18,25-36H2,1-4H3,(H4-,53,57,60,61,62,63,64,65,66,67,68,69,70,71);;;/q;3*+1/p-3. The van der Waals surface area contributed by atoms with Gasteiger partial charge in [-0.2, -0.15) is 4.58 Å². The van der Waals surface area contributed by atoms with E-state index in [9.17, 15) is 66.3 Å². The number of hydrogen-bond acceptors (Lipinski definition) is 19. The number of carbonyl (C=O) groups excluding carboxylic acids is 3. The molecule has 81 heavy (non-hydrogen) atoms. The molecule has 3 heterocycles. The van der Waals surface area contributed by atoms with Crippen LogP contribution >= 0.6 is 0 Å². The summed E-state index contributed by atoms with van der Waals surface area (Å²) >= 11 is 0. The van der Waals surface area contributed by atoms with Crippen molar-refractivity contribution in [2.45, 2.75) is 99.7 Å². The molecule has 0 saturated heterocycles. The Balaban J connectivity index is 0.00000747. The first-order chi connectivity index (χ1) is 36.5. The fourth-order valence-electron chi connectivity index (χ4n) is 9.23. The minimum Gasteiger partial charge on any atom is -0.748 e. The minimum atomic E-state index is -4.85. The third-order valence-corrected chi connectivity index (χ3v) is 16.3. The normalized spacial score (nSPS) is 16.5. The van der Waals surface area contributed by atoms with Crippen molar-refractivity contribution in [3.05, 3.63) is 107 Å². The Morgan fingerprint density at radius 1 is 0.630 bits per heavy atom. The van der Waals surface area contributed by atoms with E-state index in [2.05, 4.69) is 5.32 Å². The third-order valence-electron chi connectivity index (χ3n) is 13.3. The second kappa shape index (κ2) is 33.6. The molecule has 2 aromatic rings. The van der Waals surface area contributed by atoms with E-state index < -0.39 is 72.6 Å². The monoisotopic (exact) mass is 1230 g/mol. The van der Waals surface area contributed by atoms with Crippen molar-refractivity contribution in [3.8, 4) is 0 Å². The molecular weight excluding hydrogens is 1170 g/mol. The SMILES string of the molecule is CC1(C)C(=CC=CC(=CC=CC2=[N+](CCS(=O)(=O)[O-])c3ccc(S(=O)(=O)[O-])cc3C2(C)C)CCCCCCC(=O)NCCCOCCOCCOCCCN2C(=O)C=CC2=O)N(CCS(=O)(=O)[O-])c2ccc(S(=O)(=O)[O-])cc21.[Na+].[Na+].[Na+]. The number of anilines is 1. The maximum atomic E-state index is 12.6. The predicted octanol–water partition coefficient (Wildman–Crippen LogP) is -5.09. The second-order valence-corrected chi connectivity index (χ2v) is 25.5. The van der Waals surface area contributed by atoms with Gasteiger partial charge in [-0.1, -0.05) is 51.0 Å². The van der Waals surface area contributed by atoms with Crippen molar-refractivity contribution >= 4 is 75.3 Å². The number of ether oxygens (including phenoxy) is 3. The average Bonchev–Trinajstić information content (AvgIpc) is 4.03. The molecule has 0 spiro atoms. The van der Waals surface area contributed by atoms with Gasteiger partial charge in [-0.25, -0.2) is 33.7 Å². The molecule has 0 atom stereocenters. The van der Waals surface area contributed by atoms with Crippen LogP contribution in [-0.4, -0.2) is 162 Å². The van der Waals surface area contributed by atoms with Crippen molar-refractivity contribution in [1.29, 1.82) is 0 Å². The van der Waals surface area contributed by atoms with E-state index in [-0.39, 0.29) is 119 Å². The third kappa shape index (κ3) is 23.2. The van der Waals surface area contributed by atoms with Crippen LogP contribution in [-0.2, 0) is 79.9 Å². The number of nitrogens with one attached hydrogen (secondary N) is 1. The van der Waals surface area contributed by atoms with Crippen LogP contribution in [0.15, 0.2) is 106 Å². The molecule has 1 N–H and O–H groups in total. The van der Waals surface area contributed by atoms with Crippen LogP contribution < -0.4 is 98.9 Å². The molecule has 0 aliphatic carbocycles. The molecule has 430 valence electrons. The van der Waals surface area contributed by atoms with Crippen LogP contribution in [0.2, 0.25) is 0 Å². The van der Waals surface area contributed by atoms with E-state index in [1.807, 2.05) is 0 Å². The molecule has 29 heteroatoms. The summed E-state index contributed by atoms with van der Waals surface area (Å²) in [5.74, 6) is -2.27. The molecule has 0 fully saturated rings. The Kier molecular flexibility index (Phi) is 31.0. The van der Waals surface area contributed by atoms with Gasteiger partial charge in [0.15, 0.2) is 12.3 Å². The summed E-state index contributed by atoms with van der Waals surface area (Å²) in [5.41, 5.74) is 1.53. The van der Waals surface area contributed by atoms with Crippen LogP contribution in [0.1, 0.15) is 90.2 Å². The van der Waals surface area contributed by atoms with Gasteiger partial charge in [0.2, 0.25) is 11.6 Å². The number of fused-ring (bicyclic) bond motifs is 2. The van der Waals surface area contributed by atoms with Crippen molar-refractivity contribution in [1.82, 2.24) is 10.2 Å². The molecule has 0 saturated carbocycles. The van der Waals surface area contributed by atoms with E-state index >= 15 is 0 Å². The van der Waals surface area contributed by atoms with Gasteiger partial charge in [-0.05, 0) is 93.5 Å². The van der Waals surface area contributed by atoms with E-state index in [0.29, 0.717) is 125 Å². The van der Waals surface area contributed by atoms with Crippen molar-refractivity contribution in [3.63, 3.8) is 0 Å². The van der Waals surface area contributed by atoms with Crippen molar-refractivity contribution in [2.75, 3.05) is 82.2 Å². The number of hydrogen-bond donors (Lipinski definition) is 1. The van der Waals surface area contributed by atoms with Crippen LogP contribution in [0.25, 0.3) is 0 Å². The van der Waals surface area contributed by atoms with Gasteiger partial charge in [0, 0.05) is 85.9 Å². The maximum absolute atomic E-state index is 12.6. The molecule has 0 bridgehead atoms. The number of imide groups is 1. The first kappa shape index (κ1) is 74.8. The van der Waals surface area contributed by atoms with Gasteiger partial charge in [0.1, 0.15) is 30.4 Å². The molecule has 0 radical (unpaired) electrons. The molecule has 0 aromatic heterocycles. The quantitative estimate of drug-likeness (QED) is 0.0174. The fraction of sp³-hybridized carbons (Fsp3) is 0.500. The van der Waals surface area contributed by atoms with E-state index in [0.717, 1.165) is 35.4 Å². The number of amides is 3. The number of unbranched alkanes of at least 4 members (excludes halogenated alkanes) is 3. The number of nitrogens with zero attached hydrogens (tertiary/aromatic N) is 3. The summed E-state index contributed by atoms with van der Waals surface area (Å²) in [6, 6.07) is 7.52. The van der Waals surface area contributed by atoms with Crippen LogP contribution in [0.4, 0.5) is 11.4 Å². The molecule has 3 aliphatic rings.